The van der Waals surface area contributed by atoms with Gasteiger partial charge in [-0.1, -0.05) is 11.6 Å². The van der Waals surface area contributed by atoms with Crippen LogP contribution in [0.5, 0.6) is 0 Å². The summed E-state index contributed by atoms with van der Waals surface area (Å²) in [4.78, 5) is 16.4. The van der Waals surface area contributed by atoms with Gasteiger partial charge in [-0.15, -0.1) is 0 Å². The second-order valence-corrected chi connectivity index (χ2v) is 6.07. The van der Waals surface area contributed by atoms with Gasteiger partial charge in [0.1, 0.15) is 5.82 Å². The van der Waals surface area contributed by atoms with Crippen molar-refractivity contribution in [3.8, 4) is 0 Å². The normalized spacial score (nSPS) is 19.8. The number of nitrogens with one attached hydrogen (secondary N) is 1. The molecule has 1 amide bonds. The Hall–Kier alpha value is -1.17. The van der Waals surface area contributed by atoms with E-state index >= 15 is 0 Å². The van der Waals surface area contributed by atoms with Gasteiger partial charge in [-0.2, -0.15) is 0 Å². The van der Waals surface area contributed by atoms with E-state index in [0.29, 0.717) is 18.3 Å². The van der Waals surface area contributed by atoms with Gasteiger partial charge in [-0.05, 0) is 51.7 Å². The topological polar surface area (TPSA) is 35.6 Å². The highest BCUT2D eigenvalue weighted by atomic mass is 35.5. The van der Waals surface area contributed by atoms with Crippen LogP contribution >= 0.6 is 11.6 Å². The Bertz CT molecular complexity index is 510. The van der Waals surface area contributed by atoms with Crippen molar-refractivity contribution in [2.75, 3.05) is 39.0 Å². The zero-order valence-corrected chi connectivity index (χ0v) is 13.2. The van der Waals surface area contributed by atoms with Crippen LogP contribution in [0.3, 0.4) is 0 Å². The minimum absolute atomic E-state index is 0.122. The molecule has 1 heterocycles. The summed E-state index contributed by atoms with van der Waals surface area (Å²) in [6, 6.07) is 4.44. The van der Waals surface area contributed by atoms with Gasteiger partial charge >= 0.3 is 0 Å². The Morgan fingerprint density at radius 3 is 2.95 bits per heavy atom. The van der Waals surface area contributed by atoms with Crippen molar-refractivity contribution in [1.29, 1.82) is 0 Å². The van der Waals surface area contributed by atoms with Crippen LogP contribution in [0.15, 0.2) is 18.2 Å². The van der Waals surface area contributed by atoms with Crippen LogP contribution in [0.1, 0.15) is 12.8 Å². The number of carbonyl (C=O) groups is 1. The molecule has 21 heavy (non-hydrogen) atoms. The molecule has 1 N–H and O–H groups in total. The average Bonchev–Trinajstić information content (AvgIpc) is 2.42. The van der Waals surface area contributed by atoms with Crippen molar-refractivity contribution in [2.45, 2.75) is 18.9 Å². The minimum atomic E-state index is -0.414. The van der Waals surface area contributed by atoms with E-state index in [-0.39, 0.29) is 10.9 Å². The molecule has 1 unspecified atom stereocenters. The first-order chi connectivity index (χ1) is 9.95. The molecule has 0 aromatic heterocycles. The summed E-state index contributed by atoms with van der Waals surface area (Å²) in [6.07, 6.45) is 2.25. The summed E-state index contributed by atoms with van der Waals surface area (Å²) >= 11 is 5.91. The second kappa shape index (κ2) is 7.20. The van der Waals surface area contributed by atoms with Crippen LogP contribution in [-0.4, -0.2) is 55.5 Å². The monoisotopic (exact) mass is 313 g/mol. The molecular weight excluding hydrogens is 293 g/mol. The van der Waals surface area contributed by atoms with Gasteiger partial charge in [-0.25, -0.2) is 4.39 Å². The summed E-state index contributed by atoms with van der Waals surface area (Å²) in [7, 11) is 4.12. The number of amides is 1. The van der Waals surface area contributed by atoms with Crippen LogP contribution in [0.4, 0.5) is 10.1 Å². The predicted molar refractivity (Wildman–Crippen MR) is 83.2 cm³/mol. The third-order valence-corrected chi connectivity index (χ3v) is 4.10. The lowest BCUT2D eigenvalue weighted by molar-refractivity contribution is -0.117. The Labute approximate surface area is 129 Å². The van der Waals surface area contributed by atoms with E-state index in [2.05, 4.69) is 29.2 Å². The zero-order chi connectivity index (χ0) is 15.4. The number of carbonyl (C=O) groups excluding carboxylic acids is 1. The second-order valence-electron chi connectivity index (χ2n) is 5.67. The number of halogens is 2. The highest BCUT2D eigenvalue weighted by molar-refractivity contribution is 6.33. The molecule has 0 spiro atoms. The van der Waals surface area contributed by atoms with Crippen LogP contribution in [0.25, 0.3) is 0 Å². The van der Waals surface area contributed by atoms with Crippen molar-refractivity contribution < 1.29 is 9.18 Å². The molecule has 1 fully saturated rings. The Kier molecular flexibility index (Phi) is 5.56. The average molecular weight is 314 g/mol. The van der Waals surface area contributed by atoms with E-state index in [1.165, 1.54) is 18.2 Å². The number of piperidine rings is 1. The first-order valence-electron chi connectivity index (χ1n) is 7.09. The number of hydrogen-bond donors (Lipinski definition) is 1. The molecule has 1 aliphatic heterocycles. The largest absolute Gasteiger partial charge is 0.324 e. The van der Waals surface area contributed by atoms with E-state index in [1.807, 2.05) is 0 Å². The smallest absolute Gasteiger partial charge is 0.238 e. The lowest BCUT2D eigenvalue weighted by Gasteiger charge is -2.35. The summed E-state index contributed by atoms with van der Waals surface area (Å²) in [5, 5.41) is 2.95. The van der Waals surface area contributed by atoms with Gasteiger partial charge < -0.3 is 10.2 Å². The van der Waals surface area contributed by atoms with Crippen molar-refractivity contribution in [3.05, 3.63) is 29.0 Å². The van der Waals surface area contributed by atoms with E-state index < -0.39 is 5.82 Å². The molecule has 1 aromatic carbocycles. The summed E-state index contributed by atoms with van der Waals surface area (Å²) in [5.41, 5.74) is 0.448. The van der Waals surface area contributed by atoms with Crippen molar-refractivity contribution in [2.24, 2.45) is 0 Å². The fraction of sp³-hybridized carbons (Fsp3) is 0.533. The molecule has 1 aromatic rings. The lowest BCUT2D eigenvalue weighted by atomic mass is 10.1. The Balaban J connectivity index is 1.89. The molecular formula is C15H21ClFN3O. The molecule has 0 aliphatic carbocycles. The summed E-state index contributed by atoms with van der Waals surface area (Å²) in [5.74, 6) is -0.536. The number of rotatable bonds is 4. The maximum absolute atomic E-state index is 13.0. The number of likely N-dealkylation sites (N-methyl/N-ethyl adjacent to an activating group) is 1. The summed E-state index contributed by atoms with van der Waals surface area (Å²) in [6.45, 7) is 2.14. The molecule has 116 valence electrons. The highest BCUT2D eigenvalue weighted by Crippen LogP contribution is 2.22. The van der Waals surface area contributed by atoms with Crippen molar-refractivity contribution in [1.82, 2.24) is 9.80 Å². The van der Waals surface area contributed by atoms with Crippen LogP contribution in [-0.2, 0) is 4.79 Å². The molecule has 6 heteroatoms. The molecule has 2 rings (SSSR count). The third kappa shape index (κ3) is 4.66. The fourth-order valence-electron chi connectivity index (χ4n) is 2.58. The van der Waals surface area contributed by atoms with Gasteiger partial charge in [-0.3, -0.25) is 9.69 Å². The molecule has 1 atom stereocenters. The van der Waals surface area contributed by atoms with Gasteiger partial charge in [0.05, 0.1) is 17.3 Å². The molecule has 1 aliphatic rings. The quantitative estimate of drug-likeness (QED) is 0.927. The number of benzene rings is 1. The maximum Gasteiger partial charge on any atom is 0.238 e. The first-order valence-corrected chi connectivity index (χ1v) is 7.47. The van der Waals surface area contributed by atoms with Crippen LogP contribution in [0, 0.1) is 5.82 Å². The SMILES string of the molecule is CN(C)C1CCCN(CC(=O)Nc2ccc(F)cc2Cl)C1. The third-order valence-electron chi connectivity index (χ3n) is 3.78. The lowest BCUT2D eigenvalue weighted by Crippen LogP contribution is -2.47. The Morgan fingerprint density at radius 2 is 2.29 bits per heavy atom. The molecule has 0 saturated carbocycles. The highest BCUT2D eigenvalue weighted by Gasteiger charge is 2.22. The van der Waals surface area contributed by atoms with E-state index in [1.54, 1.807) is 0 Å². The number of likely N-dealkylation sites (tertiary alicyclic amines) is 1. The van der Waals surface area contributed by atoms with E-state index in [9.17, 15) is 9.18 Å². The predicted octanol–water partition coefficient (Wildman–Crippen LogP) is 2.44. The van der Waals surface area contributed by atoms with Gasteiger partial charge in [0, 0.05) is 12.6 Å². The standard InChI is InChI=1S/C15H21ClFN3O/c1-19(2)12-4-3-7-20(9-12)10-15(21)18-14-6-5-11(17)8-13(14)16/h5-6,8,12H,3-4,7,9-10H2,1-2H3,(H,18,21). The van der Waals surface area contributed by atoms with Gasteiger partial charge in [0.2, 0.25) is 5.91 Å². The number of hydrogen-bond acceptors (Lipinski definition) is 3. The van der Waals surface area contributed by atoms with Gasteiger partial charge in [0.15, 0.2) is 0 Å². The van der Waals surface area contributed by atoms with E-state index in [4.69, 9.17) is 11.6 Å². The number of anilines is 1. The van der Waals surface area contributed by atoms with Crippen LogP contribution in [0.2, 0.25) is 5.02 Å². The maximum atomic E-state index is 13.0. The van der Waals surface area contributed by atoms with E-state index in [0.717, 1.165) is 25.9 Å². The number of nitrogens with zero attached hydrogens (tertiary/aromatic N) is 2. The first kappa shape index (κ1) is 16.2. The Morgan fingerprint density at radius 1 is 1.52 bits per heavy atom. The van der Waals surface area contributed by atoms with Crippen molar-refractivity contribution >= 4 is 23.2 Å². The van der Waals surface area contributed by atoms with Crippen molar-refractivity contribution in [3.63, 3.8) is 0 Å². The molecule has 0 bridgehead atoms. The molecule has 0 radical (unpaired) electrons. The minimum Gasteiger partial charge on any atom is -0.324 e. The van der Waals surface area contributed by atoms with Crippen LogP contribution < -0.4 is 5.32 Å². The van der Waals surface area contributed by atoms with Gasteiger partial charge in [0.25, 0.3) is 0 Å². The molecule has 4 nitrogen and oxygen atoms in total. The zero-order valence-electron chi connectivity index (χ0n) is 12.4. The summed E-state index contributed by atoms with van der Waals surface area (Å²) < 4.78 is 13.0. The molecule has 1 saturated heterocycles. The fourth-order valence-corrected chi connectivity index (χ4v) is 2.79.